The van der Waals surface area contributed by atoms with Crippen LogP contribution in [0.1, 0.15) is 18.1 Å². The number of hydrogen-bond acceptors (Lipinski definition) is 2. The number of aliphatic hydroxyl groups excluding tert-OH is 1. The molecule has 0 saturated heterocycles. The van der Waals surface area contributed by atoms with Crippen molar-refractivity contribution in [2.24, 2.45) is 10.7 Å². The zero-order chi connectivity index (χ0) is 18.8. The molecule has 27 heavy (non-hydrogen) atoms. The highest BCUT2D eigenvalue weighted by atomic mass is 19.1. The maximum Gasteiger partial charge on any atom is 0.123 e. The van der Waals surface area contributed by atoms with Crippen LogP contribution in [0, 0.1) is 5.82 Å². The first-order chi connectivity index (χ1) is 13.1. The fraction of sp³-hybridized carbons (Fsp3) is 0.0870. The van der Waals surface area contributed by atoms with Gasteiger partial charge in [0.15, 0.2) is 0 Å². The molecule has 0 aliphatic carbocycles. The molecule has 134 valence electrons. The summed E-state index contributed by atoms with van der Waals surface area (Å²) >= 11 is 0. The smallest absolute Gasteiger partial charge is 0.123 e. The number of nitrogens with two attached hydrogens (primary N) is 1. The predicted octanol–water partition coefficient (Wildman–Crippen LogP) is 5.24. The topological polar surface area (TPSA) is 58.6 Å². The molecular weight excluding hydrogens is 339 g/mol. The highest BCUT2D eigenvalue weighted by molar-refractivity contribution is 6.09. The summed E-state index contributed by atoms with van der Waals surface area (Å²) in [5, 5.41) is 15.2. The van der Waals surface area contributed by atoms with Gasteiger partial charge in [-0.15, -0.1) is 0 Å². The van der Waals surface area contributed by atoms with Gasteiger partial charge in [0.1, 0.15) is 11.7 Å². The molecule has 0 aliphatic heterocycles. The summed E-state index contributed by atoms with van der Waals surface area (Å²) in [7, 11) is 0. The lowest BCUT2D eigenvalue weighted by Crippen LogP contribution is -2.16. The largest absolute Gasteiger partial charge is 0.388 e. The standard InChI is InChI=1S/C23H19FN2O/c24-16-9-11-17(12-10-16)26-23(25)14-22(27)21-13-15-5-1-2-6-18(15)19-7-3-4-8-20(19)21/h1-13,22,27H,14H2,(H2,25,26). The first kappa shape index (κ1) is 17.2. The van der Waals surface area contributed by atoms with Crippen LogP contribution in [-0.4, -0.2) is 10.9 Å². The second kappa shape index (κ2) is 7.17. The van der Waals surface area contributed by atoms with Crippen LogP contribution in [0.2, 0.25) is 0 Å². The highest BCUT2D eigenvalue weighted by Gasteiger charge is 2.15. The van der Waals surface area contributed by atoms with Gasteiger partial charge in [-0.05, 0) is 57.4 Å². The number of aliphatic hydroxyl groups is 1. The number of rotatable bonds is 4. The fourth-order valence-corrected chi connectivity index (χ4v) is 3.39. The third-order valence-electron chi connectivity index (χ3n) is 4.66. The van der Waals surface area contributed by atoms with Crippen molar-refractivity contribution in [3.8, 4) is 0 Å². The molecule has 4 rings (SSSR count). The van der Waals surface area contributed by atoms with E-state index in [0.29, 0.717) is 11.5 Å². The Labute approximate surface area is 156 Å². The quantitative estimate of drug-likeness (QED) is 0.298. The number of amidine groups is 1. The van der Waals surface area contributed by atoms with Crippen LogP contribution in [0.4, 0.5) is 10.1 Å². The summed E-state index contributed by atoms with van der Waals surface area (Å²) in [6, 6.07) is 23.9. The van der Waals surface area contributed by atoms with E-state index in [4.69, 9.17) is 5.73 Å². The summed E-state index contributed by atoms with van der Waals surface area (Å²) in [6.07, 6.45) is -0.594. The lowest BCUT2D eigenvalue weighted by Gasteiger charge is -2.16. The predicted molar refractivity (Wildman–Crippen MR) is 109 cm³/mol. The molecule has 1 unspecified atom stereocenters. The minimum Gasteiger partial charge on any atom is -0.388 e. The lowest BCUT2D eigenvalue weighted by atomic mass is 9.93. The van der Waals surface area contributed by atoms with Crippen LogP contribution in [0.25, 0.3) is 21.5 Å². The maximum atomic E-state index is 13.0. The van der Waals surface area contributed by atoms with Crippen molar-refractivity contribution in [2.75, 3.05) is 0 Å². The number of aliphatic imine (C=N–C) groups is 1. The van der Waals surface area contributed by atoms with Crippen LogP contribution >= 0.6 is 0 Å². The zero-order valence-corrected chi connectivity index (χ0v) is 14.6. The average molecular weight is 358 g/mol. The van der Waals surface area contributed by atoms with Gasteiger partial charge >= 0.3 is 0 Å². The number of fused-ring (bicyclic) bond motifs is 3. The number of halogens is 1. The SMILES string of the molecule is NC(CC(O)c1cc2ccccc2c2ccccc12)=Nc1ccc(F)cc1. The number of benzene rings is 4. The van der Waals surface area contributed by atoms with Gasteiger partial charge in [-0.2, -0.15) is 0 Å². The van der Waals surface area contributed by atoms with Gasteiger partial charge in [0.2, 0.25) is 0 Å². The van der Waals surface area contributed by atoms with E-state index in [2.05, 4.69) is 17.1 Å². The Kier molecular flexibility index (Phi) is 4.57. The van der Waals surface area contributed by atoms with E-state index in [1.807, 2.05) is 42.5 Å². The van der Waals surface area contributed by atoms with Crippen molar-refractivity contribution >= 4 is 33.1 Å². The van der Waals surface area contributed by atoms with Crippen LogP contribution in [0.5, 0.6) is 0 Å². The Morgan fingerprint density at radius 3 is 2.26 bits per heavy atom. The number of nitrogens with zero attached hydrogens (tertiary/aromatic N) is 1. The van der Waals surface area contributed by atoms with E-state index in [0.717, 1.165) is 27.1 Å². The minimum absolute atomic E-state index is 0.194. The zero-order valence-electron chi connectivity index (χ0n) is 14.6. The van der Waals surface area contributed by atoms with E-state index in [9.17, 15) is 9.50 Å². The van der Waals surface area contributed by atoms with Gasteiger partial charge in [0.25, 0.3) is 0 Å². The lowest BCUT2D eigenvalue weighted by molar-refractivity contribution is 0.188. The molecule has 3 N–H and O–H groups in total. The van der Waals surface area contributed by atoms with Gasteiger partial charge in [-0.1, -0.05) is 48.5 Å². The van der Waals surface area contributed by atoms with Crippen molar-refractivity contribution in [2.45, 2.75) is 12.5 Å². The van der Waals surface area contributed by atoms with Gasteiger partial charge in [-0.25, -0.2) is 9.38 Å². The molecule has 3 nitrogen and oxygen atoms in total. The summed E-state index contributed by atoms with van der Waals surface area (Å²) in [6.45, 7) is 0. The third kappa shape index (κ3) is 3.52. The fourth-order valence-electron chi connectivity index (χ4n) is 3.39. The molecule has 0 radical (unpaired) electrons. The van der Waals surface area contributed by atoms with Gasteiger partial charge in [0.05, 0.1) is 11.8 Å². The van der Waals surface area contributed by atoms with Crippen molar-refractivity contribution < 1.29 is 9.50 Å². The Morgan fingerprint density at radius 2 is 1.52 bits per heavy atom. The molecule has 4 aromatic carbocycles. The molecule has 1 atom stereocenters. The molecule has 0 saturated carbocycles. The molecule has 0 aliphatic rings. The Balaban J connectivity index is 1.71. The van der Waals surface area contributed by atoms with Crippen molar-refractivity contribution in [3.63, 3.8) is 0 Å². The van der Waals surface area contributed by atoms with Gasteiger partial charge in [-0.3, -0.25) is 0 Å². The first-order valence-corrected chi connectivity index (χ1v) is 8.79. The second-order valence-electron chi connectivity index (χ2n) is 6.53. The van der Waals surface area contributed by atoms with Crippen LogP contribution < -0.4 is 5.73 Å². The highest BCUT2D eigenvalue weighted by Crippen LogP contribution is 2.33. The van der Waals surface area contributed by atoms with Gasteiger partial charge in [0, 0.05) is 6.42 Å². The monoisotopic (exact) mass is 358 g/mol. The molecule has 0 aromatic heterocycles. The summed E-state index contributed by atoms with van der Waals surface area (Å²) in [4.78, 5) is 4.28. The van der Waals surface area contributed by atoms with E-state index >= 15 is 0 Å². The van der Waals surface area contributed by atoms with Crippen LogP contribution in [-0.2, 0) is 0 Å². The normalized spacial score (nSPS) is 13.2. The van der Waals surface area contributed by atoms with E-state index < -0.39 is 6.10 Å². The minimum atomic E-state index is -0.788. The molecule has 4 aromatic rings. The molecular formula is C23H19FN2O. The van der Waals surface area contributed by atoms with Crippen molar-refractivity contribution in [1.29, 1.82) is 0 Å². The third-order valence-corrected chi connectivity index (χ3v) is 4.66. The molecule has 0 spiro atoms. The molecule has 0 fully saturated rings. The first-order valence-electron chi connectivity index (χ1n) is 8.79. The van der Waals surface area contributed by atoms with E-state index in [1.165, 1.54) is 12.1 Å². The maximum absolute atomic E-state index is 13.0. The molecule has 0 amide bonds. The van der Waals surface area contributed by atoms with Crippen molar-refractivity contribution in [3.05, 3.63) is 90.2 Å². The summed E-state index contributed by atoms with van der Waals surface area (Å²) in [5.74, 6) is -0.0264. The van der Waals surface area contributed by atoms with Crippen LogP contribution in [0.3, 0.4) is 0 Å². The van der Waals surface area contributed by atoms with Crippen molar-refractivity contribution in [1.82, 2.24) is 0 Å². The Hall–Kier alpha value is -3.24. The second-order valence-corrected chi connectivity index (χ2v) is 6.53. The van der Waals surface area contributed by atoms with Crippen LogP contribution in [0.15, 0.2) is 83.9 Å². The summed E-state index contributed by atoms with van der Waals surface area (Å²) < 4.78 is 13.0. The van der Waals surface area contributed by atoms with E-state index in [-0.39, 0.29) is 12.2 Å². The number of hydrogen-bond donors (Lipinski definition) is 2. The Bertz CT molecular complexity index is 1140. The average Bonchev–Trinajstić information content (AvgIpc) is 2.69. The molecule has 4 heteroatoms. The van der Waals surface area contributed by atoms with Gasteiger partial charge < -0.3 is 10.8 Å². The molecule has 0 bridgehead atoms. The summed E-state index contributed by atoms with van der Waals surface area (Å²) in [5.41, 5.74) is 7.42. The Morgan fingerprint density at radius 1 is 0.889 bits per heavy atom. The van der Waals surface area contributed by atoms with E-state index in [1.54, 1.807) is 12.1 Å². The molecule has 0 heterocycles.